The molecule has 0 aliphatic heterocycles. The first-order valence-electron chi connectivity index (χ1n) is 8.47. The smallest absolute Gasteiger partial charge is 0.331 e. The molecular weight excluding hydrogens is 330 g/mol. The Morgan fingerprint density at radius 1 is 1.15 bits per heavy atom. The van der Waals surface area contributed by atoms with Gasteiger partial charge in [0.25, 0.3) is 5.91 Å². The van der Waals surface area contributed by atoms with E-state index >= 15 is 0 Å². The number of hydrogen-bond donors (Lipinski definition) is 1. The number of hydrogen-bond acceptors (Lipinski definition) is 4. The highest BCUT2D eigenvalue weighted by molar-refractivity contribution is 5.96. The summed E-state index contributed by atoms with van der Waals surface area (Å²) < 4.78 is 10.7. The van der Waals surface area contributed by atoms with Crippen LogP contribution in [0.3, 0.4) is 0 Å². The molecule has 0 spiro atoms. The number of carbonyl (C=O) groups excluding carboxylic acids is 2. The third kappa shape index (κ3) is 5.77. The zero-order chi connectivity index (χ0) is 18.9. The Morgan fingerprint density at radius 2 is 1.92 bits per heavy atom. The molecule has 2 aromatic carbocycles. The maximum absolute atomic E-state index is 12.1. The lowest BCUT2D eigenvalue weighted by Crippen LogP contribution is -2.29. The molecule has 0 aliphatic carbocycles. The Hall–Kier alpha value is -3.08. The first-order chi connectivity index (χ1) is 12.5. The highest BCUT2D eigenvalue weighted by Crippen LogP contribution is 2.19. The second-order valence-corrected chi connectivity index (χ2v) is 5.74. The van der Waals surface area contributed by atoms with E-state index < -0.39 is 12.1 Å². The van der Waals surface area contributed by atoms with Gasteiger partial charge in [-0.2, -0.15) is 0 Å². The molecule has 0 bridgehead atoms. The second-order valence-electron chi connectivity index (χ2n) is 5.74. The van der Waals surface area contributed by atoms with Crippen LogP contribution in [0.25, 0.3) is 6.08 Å². The molecule has 26 heavy (non-hydrogen) atoms. The van der Waals surface area contributed by atoms with Crippen LogP contribution in [-0.4, -0.2) is 24.6 Å². The van der Waals surface area contributed by atoms with Crippen molar-refractivity contribution in [1.82, 2.24) is 0 Å². The van der Waals surface area contributed by atoms with Gasteiger partial charge in [-0.3, -0.25) is 4.79 Å². The van der Waals surface area contributed by atoms with E-state index in [0.29, 0.717) is 18.0 Å². The molecule has 2 rings (SSSR count). The van der Waals surface area contributed by atoms with Gasteiger partial charge < -0.3 is 14.8 Å². The van der Waals surface area contributed by atoms with Crippen molar-refractivity contribution in [3.05, 3.63) is 65.7 Å². The van der Waals surface area contributed by atoms with E-state index in [4.69, 9.17) is 9.47 Å². The first kappa shape index (κ1) is 19.2. The van der Waals surface area contributed by atoms with E-state index in [-0.39, 0.29) is 5.91 Å². The van der Waals surface area contributed by atoms with Crippen molar-refractivity contribution in [2.75, 3.05) is 11.9 Å². The van der Waals surface area contributed by atoms with Crippen LogP contribution in [0.4, 0.5) is 5.69 Å². The molecule has 5 heteroatoms. The molecule has 0 unspecified atom stereocenters. The average Bonchev–Trinajstić information content (AvgIpc) is 2.61. The summed E-state index contributed by atoms with van der Waals surface area (Å²) in [4.78, 5) is 24.1. The molecule has 1 atom stereocenters. The SMILES string of the molecule is CCOc1ccccc1/C=C/C(=O)O[C@@H](C)C(=O)Nc1cccc(C)c1. The minimum Gasteiger partial charge on any atom is -0.493 e. The van der Waals surface area contributed by atoms with Crippen molar-refractivity contribution in [2.24, 2.45) is 0 Å². The van der Waals surface area contributed by atoms with E-state index in [1.807, 2.05) is 56.3 Å². The van der Waals surface area contributed by atoms with E-state index in [1.165, 1.54) is 13.0 Å². The summed E-state index contributed by atoms with van der Waals surface area (Å²) in [7, 11) is 0. The van der Waals surface area contributed by atoms with Gasteiger partial charge in [0.15, 0.2) is 6.10 Å². The van der Waals surface area contributed by atoms with Crippen molar-refractivity contribution in [2.45, 2.75) is 26.9 Å². The number of amides is 1. The summed E-state index contributed by atoms with van der Waals surface area (Å²) in [6, 6.07) is 14.8. The van der Waals surface area contributed by atoms with Gasteiger partial charge in [-0.15, -0.1) is 0 Å². The van der Waals surface area contributed by atoms with Gasteiger partial charge >= 0.3 is 5.97 Å². The van der Waals surface area contributed by atoms with Crippen LogP contribution in [0.2, 0.25) is 0 Å². The largest absolute Gasteiger partial charge is 0.493 e. The Labute approximate surface area is 153 Å². The molecule has 1 amide bonds. The molecule has 1 N–H and O–H groups in total. The van der Waals surface area contributed by atoms with Crippen molar-refractivity contribution < 1.29 is 19.1 Å². The quantitative estimate of drug-likeness (QED) is 0.604. The molecule has 0 fully saturated rings. The Bertz CT molecular complexity index is 798. The normalized spacial score (nSPS) is 11.8. The van der Waals surface area contributed by atoms with Gasteiger partial charge in [-0.05, 0) is 50.6 Å². The van der Waals surface area contributed by atoms with Crippen molar-refractivity contribution >= 4 is 23.6 Å². The minimum absolute atomic E-state index is 0.382. The van der Waals surface area contributed by atoms with E-state index in [2.05, 4.69) is 5.32 Å². The van der Waals surface area contributed by atoms with Crippen LogP contribution in [-0.2, 0) is 14.3 Å². The van der Waals surface area contributed by atoms with Crippen molar-refractivity contribution in [3.8, 4) is 5.75 Å². The number of nitrogens with one attached hydrogen (secondary N) is 1. The molecular formula is C21H23NO4. The lowest BCUT2D eigenvalue weighted by Gasteiger charge is -2.12. The summed E-state index contributed by atoms with van der Waals surface area (Å²) >= 11 is 0. The second kappa shape index (κ2) is 9.42. The molecule has 0 saturated heterocycles. The van der Waals surface area contributed by atoms with E-state index in [9.17, 15) is 9.59 Å². The molecule has 2 aromatic rings. The van der Waals surface area contributed by atoms with Crippen molar-refractivity contribution in [3.63, 3.8) is 0 Å². The van der Waals surface area contributed by atoms with Crippen LogP contribution in [0.5, 0.6) is 5.75 Å². The molecule has 0 heterocycles. The van der Waals surface area contributed by atoms with Gasteiger partial charge in [0, 0.05) is 17.3 Å². The summed E-state index contributed by atoms with van der Waals surface area (Å²) in [5.74, 6) is -0.292. The van der Waals surface area contributed by atoms with Gasteiger partial charge in [0.05, 0.1) is 6.61 Å². The highest BCUT2D eigenvalue weighted by atomic mass is 16.5. The molecule has 5 nitrogen and oxygen atoms in total. The minimum atomic E-state index is -0.908. The van der Waals surface area contributed by atoms with E-state index in [0.717, 1.165) is 11.1 Å². The van der Waals surface area contributed by atoms with Crippen molar-refractivity contribution in [1.29, 1.82) is 0 Å². The maximum Gasteiger partial charge on any atom is 0.331 e. The molecule has 0 saturated carbocycles. The van der Waals surface area contributed by atoms with Crippen LogP contribution < -0.4 is 10.1 Å². The topological polar surface area (TPSA) is 64.6 Å². The van der Waals surface area contributed by atoms with E-state index in [1.54, 1.807) is 12.1 Å². The number of anilines is 1. The van der Waals surface area contributed by atoms with Crippen LogP contribution in [0.1, 0.15) is 25.0 Å². The highest BCUT2D eigenvalue weighted by Gasteiger charge is 2.16. The Balaban J connectivity index is 1.93. The molecule has 0 aliphatic rings. The third-order valence-electron chi connectivity index (χ3n) is 3.57. The molecule has 136 valence electrons. The maximum atomic E-state index is 12.1. The van der Waals surface area contributed by atoms with Crippen LogP contribution >= 0.6 is 0 Å². The summed E-state index contributed by atoms with van der Waals surface area (Å²) in [5.41, 5.74) is 2.46. The predicted octanol–water partition coefficient (Wildman–Crippen LogP) is 3.98. The number of aryl methyl sites for hydroxylation is 1. The number of benzene rings is 2. The summed E-state index contributed by atoms with van der Waals surface area (Å²) in [6.07, 6.45) is 1.99. The first-order valence-corrected chi connectivity index (χ1v) is 8.47. The fourth-order valence-corrected chi connectivity index (χ4v) is 2.30. The average molecular weight is 353 g/mol. The lowest BCUT2D eigenvalue weighted by molar-refractivity contribution is -0.148. The third-order valence-corrected chi connectivity index (χ3v) is 3.57. The summed E-state index contributed by atoms with van der Waals surface area (Å²) in [5, 5.41) is 2.73. The number of para-hydroxylation sites is 1. The lowest BCUT2D eigenvalue weighted by atomic mass is 10.2. The van der Waals surface area contributed by atoms with Gasteiger partial charge in [-0.25, -0.2) is 4.79 Å². The van der Waals surface area contributed by atoms with Crippen LogP contribution in [0, 0.1) is 6.92 Å². The fraction of sp³-hybridized carbons (Fsp3) is 0.238. The number of rotatable bonds is 7. The monoisotopic (exact) mass is 353 g/mol. The Kier molecular flexibility index (Phi) is 6.97. The number of ether oxygens (including phenoxy) is 2. The standard InChI is InChI=1S/C21H23NO4/c1-4-25-19-11-6-5-9-17(19)12-13-20(23)26-16(3)21(24)22-18-10-7-8-15(2)14-18/h5-14,16H,4H2,1-3H3,(H,22,24)/b13-12+/t16-/m0/s1. The summed E-state index contributed by atoms with van der Waals surface area (Å²) in [6.45, 7) is 5.89. The molecule has 0 radical (unpaired) electrons. The van der Waals surface area contributed by atoms with Gasteiger partial charge in [0.2, 0.25) is 0 Å². The van der Waals surface area contributed by atoms with Crippen LogP contribution in [0.15, 0.2) is 54.6 Å². The Morgan fingerprint density at radius 3 is 2.65 bits per heavy atom. The number of carbonyl (C=O) groups is 2. The van der Waals surface area contributed by atoms with Gasteiger partial charge in [-0.1, -0.05) is 30.3 Å². The predicted molar refractivity (Wildman–Crippen MR) is 102 cm³/mol. The molecule has 0 aromatic heterocycles. The number of esters is 1. The zero-order valence-electron chi connectivity index (χ0n) is 15.2. The fourth-order valence-electron chi connectivity index (χ4n) is 2.30. The van der Waals surface area contributed by atoms with Gasteiger partial charge in [0.1, 0.15) is 5.75 Å². The zero-order valence-corrected chi connectivity index (χ0v) is 15.2.